The van der Waals surface area contributed by atoms with Crippen LogP contribution in [0.5, 0.6) is 0 Å². The summed E-state index contributed by atoms with van der Waals surface area (Å²) >= 11 is 0. The highest BCUT2D eigenvalue weighted by atomic mass is 16.5. The molecular weight excluding hydrogens is 224 g/mol. The number of hydrogen-bond donors (Lipinski definition) is 0. The zero-order valence-electron chi connectivity index (χ0n) is 12.5. The van der Waals surface area contributed by atoms with Gasteiger partial charge in [-0.25, -0.2) is 0 Å². The van der Waals surface area contributed by atoms with Gasteiger partial charge in [-0.2, -0.15) is 5.26 Å². The third-order valence-corrected chi connectivity index (χ3v) is 3.79. The fourth-order valence-corrected chi connectivity index (χ4v) is 3.45. The summed E-state index contributed by atoms with van der Waals surface area (Å²) in [6.07, 6.45) is 5.39. The lowest BCUT2D eigenvalue weighted by Gasteiger charge is -2.46. The molecule has 0 aliphatic heterocycles. The van der Waals surface area contributed by atoms with Crippen molar-refractivity contribution in [2.24, 2.45) is 5.41 Å². The second kappa shape index (κ2) is 5.19. The summed E-state index contributed by atoms with van der Waals surface area (Å²) < 4.78 is 0. The zero-order valence-corrected chi connectivity index (χ0v) is 12.5. The van der Waals surface area contributed by atoms with Gasteiger partial charge in [0.25, 0.3) is 0 Å². The third-order valence-electron chi connectivity index (χ3n) is 3.79. The Morgan fingerprint density at radius 2 is 1.61 bits per heavy atom. The van der Waals surface area contributed by atoms with Crippen LogP contribution >= 0.6 is 0 Å². The predicted molar refractivity (Wildman–Crippen MR) is 72.1 cm³/mol. The Kier molecular flexibility index (Phi) is 4.46. The van der Waals surface area contributed by atoms with Crippen molar-refractivity contribution in [1.29, 1.82) is 5.26 Å². The highest BCUT2D eigenvalue weighted by Gasteiger charge is 2.47. The summed E-state index contributed by atoms with van der Waals surface area (Å²) in [5, 5.41) is 23.3. The van der Waals surface area contributed by atoms with Gasteiger partial charge < -0.3 is 0 Å². The fraction of sp³-hybridized carbons (Fsp3) is 0.933. The minimum atomic E-state index is -0.785. The normalized spacial score (nSPS) is 20.8. The van der Waals surface area contributed by atoms with Gasteiger partial charge >= 0.3 is 0 Å². The van der Waals surface area contributed by atoms with Gasteiger partial charge in [0.15, 0.2) is 0 Å². The summed E-state index contributed by atoms with van der Waals surface area (Å²) in [5.74, 6) is 0. The molecule has 0 aromatic carbocycles. The second-order valence-electron chi connectivity index (χ2n) is 7.55. The SMILES string of the molecule is CC(C)(C)CC(C)(C)N([O])C1(C#N)CCCCC1. The molecule has 3 nitrogen and oxygen atoms in total. The standard InChI is InChI=1S/C15H27N2O/c1-13(2,3)11-14(4,5)17(18)15(12-16)9-7-6-8-10-15/h6-11H2,1-5H3. The highest BCUT2D eigenvalue weighted by molar-refractivity contribution is 5.10. The van der Waals surface area contributed by atoms with E-state index in [4.69, 9.17) is 0 Å². The number of hydrogen-bond acceptors (Lipinski definition) is 2. The first-order valence-electron chi connectivity index (χ1n) is 7.02. The van der Waals surface area contributed by atoms with Gasteiger partial charge in [0.1, 0.15) is 5.54 Å². The van der Waals surface area contributed by atoms with Gasteiger partial charge in [-0.3, -0.25) is 0 Å². The monoisotopic (exact) mass is 251 g/mol. The largest absolute Gasteiger partial charge is 0.196 e. The molecule has 18 heavy (non-hydrogen) atoms. The van der Waals surface area contributed by atoms with E-state index in [0.29, 0.717) is 0 Å². The Hall–Kier alpha value is -0.590. The molecule has 0 atom stereocenters. The van der Waals surface area contributed by atoms with Crippen LogP contribution < -0.4 is 0 Å². The zero-order chi connectivity index (χ0) is 14.0. The van der Waals surface area contributed by atoms with Crippen molar-refractivity contribution in [3.8, 4) is 6.07 Å². The minimum Gasteiger partial charge on any atom is -0.196 e. The summed E-state index contributed by atoms with van der Waals surface area (Å²) in [5.41, 5.74) is -1.17. The van der Waals surface area contributed by atoms with E-state index >= 15 is 0 Å². The van der Waals surface area contributed by atoms with Crippen molar-refractivity contribution in [2.45, 2.75) is 84.2 Å². The van der Waals surface area contributed by atoms with Crippen LogP contribution in [-0.4, -0.2) is 16.1 Å². The molecule has 1 aliphatic carbocycles. The molecule has 3 heteroatoms. The molecule has 1 radical (unpaired) electrons. The molecule has 103 valence electrons. The molecule has 0 aromatic rings. The van der Waals surface area contributed by atoms with E-state index in [9.17, 15) is 10.5 Å². The lowest BCUT2D eigenvalue weighted by atomic mass is 9.76. The fourth-order valence-electron chi connectivity index (χ4n) is 3.45. The molecular formula is C15H27N2O. The van der Waals surface area contributed by atoms with Crippen LogP contribution in [0.3, 0.4) is 0 Å². The molecule has 0 heterocycles. The maximum atomic E-state index is 12.7. The summed E-state index contributed by atoms with van der Waals surface area (Å²) in [6.45, 7) is 10.4. The first kappa shape index (κ1) is 15.5. The van der Waals surface area contributed by atoms with Crippen LogP contribution in [0.1, 0.15) is 73.1 Å². The Morgan fingerprint density at radius 3 is 2.00 bits per heavy atom. The quantitative estimate of drug-likeness (QED) is 0.710. The molecule has 0 amide bonds. The van der Waals surface area contributed by atoms with Gasteiger partial charge in [-0.1, -0.05) is 40.0 Å². The van der Waals surface area contributed by atoms with Crippen LogP contribution in [0, 0.1) is 16.7 Å². The van der Waals surface area contributed by atoms with E-state index in [0.717, 1.165) is 43.6 Å². The van der Waals surface area contributed by atoms with Gasteiger partial charge in [0, 0.05) is 5.54 Å². The van der Waals surface area contributed by atoms with E-state index in [-0.39, 0.29) is 5.41 Å². The van der Waals surface area contributed by atoms with Crippen molar-refractivity contribution in [1.82, 2.24) is 5.06 Å². The first-order chi connectivity index (χ1) is 8.13. The first-order valence-corrected chi connectivity index (χ1v) is 7.02. The number of hydroxylamine groups is 2. The summed E-state index contributed by atoms with van der Waals surface area (Å²) in [7, 11) is 0. The molecule has 1 fully saturated rings. The predicted octanol–water partition coefficient (Wildman–Crippen LogP) is 4.08. The average Bonchev–Trinajstić information content (AvgIpc) is 2.26. The second-order valence-corrected chi connectivity index (χ2v) is 7.55. The van der Waals surface area contributed by atoms with Crippen molar-refractivity contribution in [3.63, 3.8) is 0 Å². The molecule has 0 bridgehead atoms. The van der Waals surface area contributed by atoms with E-state index in [1.165, 1.54) is 0 Å². The molecule has 0 N–H and O–H groups in total. The molecule has 0 saturated heterocycles. The van der Waals surface area contributed by atoms with Crippen LogP contribution in [0.4, 0.5) is 0 Å². The molecule has 0 aromatic heterocycles. The summed E-state index contributed by atoms with van der Waals surface area (Å²) in [6, 6.07) is 2.32. The number of nitriles is 1. The lowest BCUT2D eigenvalue weighted by molar-refractivity contribution is -0.276. The van der Waals surface area contributed by atoms with E-state index in [2.05, 4.69) is 26.8 Å². The smallest absolute Gasteiger partial charge is 0.136 e. The Labute approximate surface area is 112 Å². The Balaban J connectivity index is 2.89. The number of nitrogens with zero attached hydrogens (tertiary/aromatic N) is 2. The number of rotatable bonds is 3. The van der Waals surface area contributed by atoms with Gasteiger partial charge in [0.2, 0.25) is 0 Å². The van der Waals surface area contributed by atoms with Crippen LogP contribution in [0.25, 0.3) is 0 Å². The van der Waals surface area contributed by atoms with Crippen molar-refractivity contribution in [2.75, 3.05) is 0 Å². The molecule has 0 spiro atoms. The maximum absolute atomic E-state index is 12.7. The van der Waals surface area contributed by atoms with Gasteiger partial charge in [0.05, 0.1) is 6.07 Å². The van der Waals surface area contributed by atoms with Gasteiger partial charge in [-0.15, -0.1) is 10.3 Å². The van der Waals surface area contributed by atoms with Crippen molar-refractivity contribution < 1.29 is 5.21 Å². The maximum Gasteiger partial charge on any atom is 0.136 e. The Bertz CT molecular complexity index is 316. The lowest BCUT2D eigenvalue weighted by Crippen LogP contribution is -2.57. The molecule has 1 saturated carbocycles. The minimum absolute atomic E-state index is 0.0947. The molecule has 1 aliphatic rings. The van der Waals surface area contributed by atoms with Crippen LogP contribution in [0.15, 0.2) is 0 Å². The highest BCUT2D eigenvalue weighted by Crippen LogP contribution is 2.40. The van der Waals surface area contributed by atoms with Crippen LogP contribution in [-0.2, 0) is 5.21 Å². The molecule has 1 rings (SSSR count). The van der Waals surface area contributed by atoms with E-state index in [1.54, 1.807) is 0 Å². The van der Waals surface area contributed by atoms with Crippen molar-refractivity contribution >= 4 is 0 Å². The van der Waals surface area contributed by atoms with Gasteiger partial charge in [-0.05, 0) is 38.5 Å². The third kappa shape index (κ3) is 3.46. The Morgan fingerprint density at radius 1 is 1.11 bits per heavy atom. The topological polar surface area (TPSA) is 46.9 Å². The van der Waals surface area contributed by atoms with Crippen molar-refractivity contribution in [3.05, 3.63) is 0 Å². The van der Waals surface area contributed by atoms with Crippen LogP contribution in [0.2, 0.25) is 0 Å². The van der Waals surface area contributed by atoms with E-state index < -0.39 is 11.1 Å². The average molecular weight is 251 g/mol. The molecule has 0 unspecified atom stereocenters. The summed E-state index contributed by atoms with van der Waals surface area (Å²) in [4.78, 5) is 0. The van der Waals surface area contributed by atoms with E-state index in [1.807, 2.05) is 13.8 Å².